The van der Waals surface area contributed by atoms with Gasteiger partial charge in [0.1, 0.15) is 0 Å². The summed E-state index contributed by atoms with van der Waals surface area (Å²) in [5.41, 5.74) is 2.75. The highest BCUT2D eigenvalue weighted by Gasteiger charge is 2.17. The highest BCUT2D eigenvalue weighted by molar-refractivity contribution is 7.16. The van der Waals surface area contributed by atoms with Gasteiger partial charge in [0.2, 0.25) is 5.75 Å². The van der Waals surface area contributed by atoms with Crippen molar-refractivity contribution in [2.45, 2.75) is 33.2 Å². The standard InChI is InChI=1S/C22H26N2O4S/c1-6-10-24-16-9-8-14(7-2)11-19(16)29-22(24)23-21(25)15-12-17(26-3)20(28-5)18(13-15)27-4/h8-9,11-13H,6-7,10H2,1-5H3. The topological polar surface area (TPSA) is 62.1 Å². The Morgan fingerprint density at radius 3 is 2.28 bits per heavy atom. The Bertz CT molecular complexity index is 1070. The van der Waals surface area contributed by atoms with Crippen molar-refractivity contribution in [3.8, 4) is 17.2 Å². The smallest absolute Gasteiger partial charge is 0.279 e. The van der Waals surface area contributed by atoms with Gasteiger partial charge in [-0.25, -0.2) is 0 Å². The van der Waals surface area contributed by atoms with Gasteiger partial charge in [0.05, 0.1) is 31.5 Å². The van der Waals surface area contributed by atoms with Crippen LogP contribution in [0.2, 0.25) is 0 Å². The molecule has 3 aromatic rings. The summed E-state index contributed by atoms with van der Waals surface area (Å²) in [6, 6.07) is 9.67. The second kappa shape index (κ2) is 9.13. The Kier molecular flexibility index (Phi) is 6.59. The zero-order valence-corrected chi connectivity index (χ0v) is 18.3. The molecule has 3 rings (SSSR count). The predicted octanol–water partition coefficient (Wildman–Crippen LogP) is 4.44. The summed E-state index contributed by atoms with van der Waals surface area (Å²) >= 11 is 1.53. The van der Waals surface area contributed by atoms with E-state index in [1.165, 1.54) is 38.2 Å². The fraction of sp³-hybridized carbons (Fsp3) is 0.364. The number of rotatable bonds is 7. The summed E-state index contributed by atoms with van der Waals surface area (Å²) in [5.74, 6) is 0.949. The van der Waals surface area contributed by atoms with Crippen molar-refractivity contribution in [1.29, 1.82) is 0 Å². The number of nitrogens with zero attached hydrogens (tertiary/aromatic N) is 2. The lowest BCUT2D eigenvalue weighted by atomic mass is 10.1. The second-order valence-electron chi connectivity index (χ2n) is 6.52. The third kappa shape index (κ3) is 4.15. The molecule has 0 N–H and O–H groups in total. The Hall–Kier alpha value is -2.80. The molecule has 7 heteroatoms. The number of fused-ring (bicyclic) bond motifs is 1. The van der Waals surface area contributed by atoms with E-state index in [-0.39, 0.29) is 5.91 Å². The summed E-state index contributed by atoms with van der Waals surface area (Å²) in [4.78, 5) is 18.1. The molecule has 2 aromatic carbocycles. The van der Waals surface area contributed by atoms with Gasteiger partial charge >= 0.3 is 0 Å². The zero-order chi connectivity index (χ0) is 21.0. The van der Waals surface area contributed by atoms with Crippen LogP contribution in [0.15, 0.2) is 35.3 Å². The molecule has 6 nitrogen and oxygen atoms in total. The lowest BCUT2D eigenvalue weighted by Gasteiger charge is -2.12. The number of thiazole rings is 1. The van der Waals surface area contributed by atoms with E-state index in [1.54, 1.807) is 12.1 Å². The van der Waals surface area contributed by atoms with Gasteiger partial charge in [0.15, 0.2) is 16.3 Å². The van der Waals surface area contributed by atoms with E-state index in [4.69, 9.17) is 14.2 Å². The molecule has 1 amide bonds. The summed E-state index contributed by atoms with van der Waals surface area (Å²) in [5, 5.41) is 0. The van der Waals surface area contributed by atoms with E-state index in [0.29, 0.717) is 27.6 Å². The largest absolute Gasteiger partial charge is 0.493 e. The molecule has 1 heterocycles. The lowest BCUT2D eigenvalue weighted by Crippen LogP contribution is -2.17. The van der Waals surface area contributed by atoms with Crippen LogP contribution in [0.1, 0.15) is 36.2 Å². The number of amides is 1. The van der Waals surface area contributed by atoms with Gasteiger partial charge in [-0.15, -0.1) is 0 Å². The van der Waals surface area contributed by atoms with Crippen LogP contribution in [0, 0.1) is 0 Å². The van der Waals surface area contributed by atoms with Crippen molar-refractivity contribution in [3.05, 3.63) is 46.3 Å². The molecule has 0 unspecified atom stereocenters. The molecule has 0 saturated carbocycles. The number of aryl methyl sites for hydroxylation is 2. The molecule has 0 atom stereocenters. The first-order chi connectivity index (χ1) is 14.1. The number of carbonyl (C=O) groups is 1. The molecule has 0 radical (unpaired) electrons. The van der Waals surface area contributed by atoms with Crippen molar-refractivity contribution >= 4 is 27.5 Å². The summed E-state index contributed by atoms with van der Waals surface area (Å²) < 4.78 is 19.3. The molecule has 0 fully saturated rings. The second-order valence-corrected chi connectivity index (χ2v) is 7.53. The van der Waals surface area contributed by atoms with Crippen molar-refractivity contribution in [1.82, 2.24) is 4.57 Å². The average Bonchev–Trinajstić information content (AvgIpc) is 3.08. The number of carbonyl (C=O) groups excluding carboxylic acids is 1. The van der Waals surface area contributed by atoms with Crippen LogP contribution in [0.3, 0.4) is 0 Å². The Balaban J connectivity index is 2.13. The SMILES string of the molecule is CCCn1c(=NC(=O)c2cc(OC)c(OC)c(OC)c2)sc2cc(CC)ccc21. The Morgan fingerprint density at radius 1 is 1.03 bits per heavy atom. The predicted molar refractivity (Wildman–Crippen MR) is 115 cm³/mol. The summed E-state index contributed by atoms with van der Waals surface area (Å²) in [6.07, 6.45) is 1.92. The minimum absolute atomic E-state index is 0.351. The van der Waals surface area contributed by atoms with Crippen LogP contribution in [0.4, 0.5) is 0 Å². The first kappa shape index (κ1) is 20.9. The summed E-state index contributed by atoms with van der Waals surface area (Å²) in [6.45, 7) is 5.04. The van der Waals surface area contributed by atoms with Crippen molar-refractivity contribution in [3.63, 3.8) is 0 Å². The fourth-order valence-electron chi connectivity index (χ4n) is 3.22. The minimum atomic E-state index is -0.351. The maximum Gasteiger partial charge on any atom is 0.279 e. The van der Waals surface area contributed by atoms with Crippen LogP contribution in [-0.4, -0.2) is 31.8 Å². The third-order valence-electron chi connectivity index (χ3n) is 4.71. The monoisotopic (exact) mass is 414 g/mol. The quantitative estimate of drug-likeness (QED) is 0.573. The number of hydrogen-bond donors (Lipinski definition) is 0. The highest BCUT2D eigenvalue weighted by Crippen LogP contribution is 2.38. The normalized spacial score (nSPS) is 11.7. The van der Waals surface area contributed by atoms with E-state index in [0.717, 1.165) is 29.6 Å². The number of benzene rings is 2. The van der Waals surface area contributed by atoms with Crippen LogP contribution in [-0.2, 0) is 13.0 Å². The van der Waals surface area contributed by atoms with Gasteiger partial charge in [-0.05, 0) is 42.7 Å². The molecule has 154 valence electrons. The minimum Gasteiger partial charge on any atom is -0.493 e. The number of hydrogen-bond acceptors (Lipinski definition) is 5. The van der Waals surface area contributed by atoms with Gasteiger partial charge in [-0.1, -0.05) is 31.3 Å². The van der Waals surface area contributed by atoms with Crippen molar-refractivity contribution in [2.75, 3.05) is 21.3 Å². The van der Waals surface area contributed by atoms with Gasteiger partial charge in [0.25, 0.3) is 5.91 Å². The average molecular weight is 415 g/mol. The fourth-order valence-corrected chi connectivity index (χ4v) is 4.34. The molecule has 1 aromatic heterocycles. The maximum absolute atomic E-state index is 13.0. The van der Waals surface area contributed by atoms with Crippen molar-refractivity contribution < 1.29 is 19.0 Å². The molecule has 0 aliphatic rings. The third-order valence-corrected chi connectivity index (χ3v) is 5.75. The van der Waals surface area contributed by atoms with Crippen LogP contribution < -0.4 is 19.0 Å². The summed E-state index contributed by atoms with van der Waals surface area (Å²) in [7, 11) is 4.58. The van der Waals surface area contributed by atoms with E-state index in [2.05, 4.69) is 41.6 Å². The van der Waals surface area contributed by atoms with Gasteiger partial charge < -0.3 is 18.8 Å². The van der Waals surface area contributed by atoms with E-state index >= 15 is 0 Å². The Labute approximate surface area is 174 Å². The number of aromatic nitrogens is 1. The first-order valence-electron chi connectivity index (χ1n) is 9.57. The Morgan fingerprint density at radius 2 is 1.72 bits per heavy atom. The first-order valence-corrected chi connectivity index (χ1v) is 10.4. The van der Waals surface area contributed by atoms with Gasteiger partial charge in [0, 0.05) is 12.1 Å². The van der Waals surface area contributed by atoms with Crippen molar-refractivity contribution in [2.24, 2.45) is 4.99 Å². The number of ether oxygens (including phenoxy) is 3. The molecule has 0 aliphatic carbocycles. The number of methoxy groups -OCH3 is 3. The molecule has 29 heavy (non-hydrogen) atoms. The van der Waals surface area contributed by atoms with E-state index < -0.39 is 0 Å². The van der Waals surface area contributed by atoms with Crippen LogP contribution in [0.5, 0.6) is 17.2 Å². The van der Waals surface area contributed by atoms with Gasteiger partial charge in [-0.3, -0.25) is 4.79 Å². The van der Waals surface area contributed by atoms with Gasteiger partial charge in [-0.2, -0.15) is 4.99 Å². The molecule has 0 aliphatic heterocycles. The van der Waals surface area contributed by atoms with E-state index in [1.807, 2.05) is 0 Å². The van der Waals surface area contributed by atoms with Crippen LogP contribution in [0.25, 0.3) is 10.2 Å². The zero-order valence-electron chi connectivity index (χ0n) is 17.4. The molecule has 0 spiro atoms. The van der Waals surface area contributed by atoms with E-state index in [9.17, 15) is 4.79 Å². The molecule has 0 saturated heterocycles. The molecular weight excluding hydrogens is 388 g/mol. The molecule has 0 bridgehead atoms. The lowest BCUT2D eigenvalue weighted by molar-refractivity contribution is 0.0997. The van der Waals surface area contributed by atoms with Crippen LogP contribution >= 0.6 is 11.3 Å². The maximum atomic E-state index is 13.0. The molecular formula is C22H26N2O4S. The highest BCUT2D eigenvalue weighted by atomic mass is 32.1.